The Labute approximate surface area is 169 Å². The molecule has 0 atom stereocenters. The number of hydrogen-bond acceptors (Lipinski definition) is 7. The molecule has 1 aromatic carbocycles. The van der Waals surface area contributed by atoms with Crippen LogP contribution in [0.4, 0.5) is 21.2 Å². The Bertz CT molecular complexity index is 889. The number of carbonyl (C=O) groups excluding carboxylic acids is 2. The Morgan fingerprint density at radius 2 is 2.04 bits per heavy atom. The molecule has 4 N–H and O–H groups in total. The molecule has 2 aromatic rings. The number of nitrogens with two attached hydrogens (primary N) is 1. The number of thiazole rings is 1. The summed E-state index contributed by atoms with van der Waals surface area (Å²) in [6.07, 6.45) is 0.932. The minimum Gasteiger partial charge on any atom is -0.444 e. The van der Waals surface area contributed by atoms with E-state index in [0.717, 1.165) is 11.3 Å². The molecule has 0 unspecified atom stereocenters. The van der Waals surface area contributed by atoms with Crippen LogP contribution in [0.1, 0.15) is 36.8 Å². The molecule has 0 saturated heterocycles. The lowest BCUT2D eigenvalue weighted by Gasteiger charge is -2.19. The van der Waals surface area contributed by atoms with Gasteiger partial charge in [0.15, 0.2) is 9.61 Å². The van der Waals surface area contributed by atoms with Crippen molar-refractivity contribution in [3.63, 3.8) is 0 Å². The number of aliphatic imine (C=N–C) groups is 1. The second-order valence-electron chi connectivity index (χ2n) is 6.46. The zero-order valence-corrected chi connectivity index (χ0v) is 17.7. The fourth-order valence-electron chi connectivity index (χ4n) is 2.02. The Kier molecular flexibility index (Phi) is 6.55. The molecule has 2 rings (SSSR count). The Morgan fingerprint density at radius 1 is 1.33 bits per heavy atom. The fraction of sp³-hybridized carbons (Fsp3) is 0.294. The summed E-state index contributed by atoms with van der Waals surface area (Å²) in [5.41, 5.74) is 7.03. The number of anilines is 3. The average molecular weight is 454 g/mol. The second kappa shape index (κ2) is 8.49. The van der Waals surface area contributed by atoms with Gasteiger partial charge >= 0.3 is 6.09 Å². The normalized spacial score (nSPS) is 11.4. The Morgan fingerprint density at radius 3 is 2.67 bits per heavy atom. The minimum absolute atomic E-state index is 0.0697. The summed E-state index contributed by atoms with van der Waals surface area (Å²) in [6, 6.07) is 5.04. The number of nitrogens with one attached hydrogen (secondary N) is 2. The molecule has 27 heavy (non-hydrogen) atoms. The largest absolute Gasteiger partial charge is 0.444 e. The molecule has 0 aliphatic rings. The van der Waals surface area contributed by atoms with Crippen LogP contribution in [0.3, 0.4) is 0 Å². The van der Waals surface area contributed by atoms with Gasteiger partial charge in [0.1, 0.15) is 10.6 Å². The van der Waals surface area contributed by atoms with E-state index in [4.69, 9.17) is 10.5 Å². The van der Waals surface area contributed by atoms with Gasteiger partial charge in [0.2, 0.25) is 0 Å². The molecule has 0 saturated carbocycles. The van der Waals surface area contributed by atoms with Gasteiger partial charge in [-0.2, -0.15) is 0 Å². The van der Waals surface area contributed by atoms with E-state index in [2.05, 4.69) is 36.5 Å². The van der Waals surface area contributed by atoms with Gasteiger partial charge in [-0.15, -0.1) is 0 Å². The molecule has 0 radical (unpaired) electrons. The predicted molar refractivity (Wildman–Crippen MR) is 112 cm³/mol. The number of nitrogens with zero attached hydrogens (tertiary/aromatic N) is 2. The molecule has 144 valence electrons. The molecule has 1 heterocycles. The summed E-state index contributed by atoms with van der Waals surface area (Å²) in [5, 5.41) is 5.57. The van der Waals surface area contributed by atoms with Gasteiger partial charge in [-0.1, -0.05) is 11.3 Å². The molecule has 0 aliphatic heterocycles. The number of rotatable bonds is 4. The van der Waals surface area contributed by atoms with Gasteiger partial charge < -0.3 is 15.8 Å². The van der Waals surface area contributed by atoms with Crippen molar-refractivity contribution in [2.45, 2.75) is 26.4 Å². The van der Waals surface area contributed by atoms with Crippen molar-refractivity contribution in [3.8, 4) is 0 Å². The fourth-order valence-corrected chi connectivity index (χ4v) is 3.36. The van der Waals surface area contributed by atoms with Crippen molar-refractivity contribution in [1.82, 2.24) is 4.98 Å². The van der Waals surface area contributed by atoms with E-state index in [1.165, 1.54) is 0 Å². The third-order valence-corrected chi connectivity index (χ3v) is 4.47. The maximum absolute atomic E-state index is 12.6. The molecule has 1 aromatic heterocycles. The number of hydrogen-bond donors (Lipinski definition) is 3. The first-order valence-electron chi connectivity index (χ1n) is 7.88. The van der Waals surface area contributed by atoms with Gasteiger partial charge in [-0.05, 0) is 54.9 Å². The van der Waals surface area contributed by atoms with E-state index in [0.29, 0.717) is 20.9 Å². The zero-order chi connectivity index (χ0) is 20.2. The summed E-state index contributed by atoms with van der Waals surface area (Å²) in [6.45, 7) is 5.25. The number of carbonyl (C=O) groups is 2. The maximum atomic E-state index is 12.6. The number of aromatic nitrogens is 1. The molecule has 10 heteroatoms. The van der Waals surface area contributed by atoms with Crippen LogP contribution in [0.2, 0.25) is 0 Å². The summed E-state index contributed by atoms with van der Waals surface area (Å²) in [7, 11) is 1.63. The smallest absolute Gasteiger partial charge is 0.412 e. The van der Waals surface area contributed by atoms with Crippen LogP contribution in [-0.2, 0) is 4.74 Å². The number of ether oxygens (including phenoxy) is 1. The number of amides is 2. The third kappa shape index (κ3) is 6.04. The lowest BCUT2D eigenvalue weighted by Crippen LogP contribution is -2.27. The van der Waals surface area contributed by atoms with Gasteiger partial charge in [-0.25, -0.2) is 9.78 Å². The topological polar surface area (TPSA) is 119 Å². The van der Waals surface area contributed by atoms with E-state index in [1.807, 2.05) is 0 Å². The van der Waals surface area contributed by atoms with Crippen molar-refractivity contribution in [3.05, 3.63) is 33.4 Å². The molecule has 0 bridgehead atoms. The molecular formula is C17H20BrN5O3S. The van der Waals surface area contributed by atoms with E-state index in [-0.39, 0.29) is 10.7 Å². The highest BCUT2D eigenvalue weighted by Crippen LogP contribution is 2.30. The average Bonchev–Trinajstić information content (AvgIpc) is 2.89. The highest BCUT2D eigenvalue weighted by molar-refractivity contribution is 9.11. The lowest BCUT2D eigenvalue weighted by atomic mass is 10.1. The summed E-state index contributed by atoms with van der Waals surface area (Å²) < 4.78 is 5.67. The van der Waals surface area contributed by atoms with E-state index in [1.54, 1.807) is 52.2 Å². The van der Waals surface area contributed by atoms with Gasteiger partial charge in [0.25, 0.3) is 5.91 Å². The molecule has 0 spiro atoms. The van der Waals surface area contributed by atoms with Crippen LogP contribution >= 0.6 is 27.3 Å². The van der Waals surface area contributed by atoms with Crippen molar-refractivity contribution in [2.24, 2.45) is 4.99 Å². The molecular weight excluding hydrogens is 434 g/mol. The van der Waals surface area contributed by atoms with E-state index < -0.39 is 17.6 Å². The Hall–Kier alpha value is -2.46. The maximum Gasteiger partial charge on any atom is 0.412 e. The van der Waals surface area contributed by atoms with Crippen LogP contribution < -0.4 is 16.4 Å². The summed E-state index contributed by atoms with van der Waals surface area (Å²) >= 11 is 4.34. The highest BCUT2D eigenvalue weighted by atomic mass is 79.9. The van der Waals surface area contributed by atoms with Crippen molar-refractivity contribution in [2.75, 3.05) is 23.4 Å². The van der Waals surface area contributed by atoms with E-state index in [9.17, 15) is 9.59 Å². The van der Waals surface area contributed by atoms with Crippen LogP contribution in [-0.4, -0.2) is 35.8 Å². The predicted octanol–water partition coefficient (Wildman–Crippen LogP) is 4.14. The first kappa shape index (κ1) is 20.8. The zero-order valence-electron chi connectivity index (χ0n) is 15.3. The van der Waals surface area contributed by atoms with Gasteiger partial charge in [0, 0.05) is 30.2 Å². The molecule has 2 amide bonds. The standard InChI is InChI=1S/C17H20BrN5O3S/c1-17(2,3)26-16(25)23-14-12(22-15(18)27-14)13(24)21-10-5-6-11(19)9(7-10)8-20-4/h5-8H,19H2,1-4H3,(H,21,24)(H,23,25). The van der Waals surface area contributed by atoms with E-state index >= 15 is 0 Å². The SMILES string of the molecule is CN=Cc1cc(NC(=O)c2nc(Br)sc2NC(=O)OC(C)(C)C)ccc1N. The molecule has 8 nitrogen and oxygen atoms in total. The summed E-state index contributed by atoms with van der Waals surface area (Å²) in [5.74, 6) is -0.479. The summed E-state index contributed by atoms with van der Waals surface area (Å²) in [4.78, 5) is 32.7. The number of benzene rings is 1. The third-order valence-electron chi connectivity index (χ3n) is 3.04. The monoisotopic (exact) mass is 453 g/mol. The molecule has 0 aliphatic carbocycles. The first-order valence-corrected chi connectivity index (χ1v) is 9.49. The van der Waals surface area contributed by atoms with Crippen LogP contribution in [0.15, 0.2) is 27.1 Å². The van der Waals surface area contributed by atoms with Crippen LogP contribution in [0.5, 0.6) is 0 Å². The van der Waals surface area contributed by atoms with Gasteiger partial charge in [-0.3, -0.25) is 15.1 Å². The molecule has 0 fully saturated rings. The van der Waals surface area contributed by atoms with Gasteiger partial charge in [0.05, 0.1) is 0 Å². The van der Waals surface area contributed by atoms with Crippen molar-refractivity contribution >= 4 is 61.9 Å². The number of nitrogen functional groups attached to an aromatic ring is 1. The minimum atomic E-state index is -0.665. The quantitative estimate of drug-likeness (QED) is 0.474. The van der Waals surface area contributed by atoms with Crippen LogP contribution in [0, 0.1) is 0 Å². The van der Waals surface area contributed by atoms with Crippen molar-refractivity contribution in [1.29, 1.82) is 0 Å². The van der Waals surface area contributed by atoms with Crippen molar-refractivity contribution < 1.29 is 14.3 Å². The highest BCUT2D eigenvalue weighted by Gasteiger charge is 2.22. The second-order valence-corrected chi connectivity index (χ2v) is 8.73. The Balaban J connectivity index is 2.20. The number of halogens is 1. The van der Waals surface area contributed by atoms with Crippen LogP contribution in [0.25, 0.3) is 0 Å². The lowest BCUT2D eigenvalue weighted by molar-refractivity contribution is 0.0636. The first-order chi connectivity index (χ1) is 12.6.